The second-order valence-electron chi connectivity index (χ2n) is 3.88. The van der Waals surface area contributed by atoms with Gasteiger partial charge in [0.15, 0.2) is 0 Å². The molecule has 1 aromatic carbocycles. The van der Waals surface area contributed by atoms with E-state index in [1.165, 1.54) is 6.07 Å². The summed E-state index contributed by atoms with van der Waals surface area (Å²) in [5.74, 6) is 0. The standard InChI is InChI=1S/C12H11N3O2/c13-8-9-5-6-11(12(7-9)15(16)17)14-10-3-1-2-4-10/h1-2,5-7,10,14H,3-4H2. The van der Waals surface area contributed by atoms with Gasteiger partial charge in [-0.1, -0.05) is 12.2 Å². The average Bonchev–Trinajstić information content (AvgIpc) is 2.82. The Kier molecular flexibility index (Phi) is 3.06. The highest BCUT2D eigenvalue weighted by Gasteiger charge is 2.18. The predicted molar refractivity (Wildman–Crippen MR) is 63.6 cm³/mol. The van der Waals surface area contributed by atoms with Crippen LogP contribution >= 0.6 is 0 Å². The Morgan fingerprint density at radius 1 is 1.41 bits per heavy atom. The van der Waals surface area contributed by atoms with Crippen LogP contribution in [-0.4, -0.2) is 11.0 Å². The highest BCUT2D eigenvalue weighted by Crippen LogP contribution is 2.27. The van der Waals surface area contributed by atoms with Crippen LogP contribution in [0, 0.1) is 21.4 Å². The van der Waals surface area contributed by atoms with Crippen molar-refractivity contribution >= 4 is 11.4 Å². The Bertz CT molecular complexity index is 509. The van der Waals surface area contributed by atoms with E-state index < -0.39 is 4.92 Å². The molecule has 0 fully saturated rings. The van der Waals surface area contributed by atoms with Crippen LogP contribution in [0.25, 0.3) is 0 Å². The van der Waals surface area contributed by atoms with Crippen molar-refractivity contribution in [3.63, 3.8) is 0 Å². The molecule has 0 bridgehead atoms. The monoisotopic (exact) mass is 229 g/mol. The summed E-state index contributed by atoms with van der Waals surface area (Å²) in [5, 5.41) is 22.7. The van der Waals surface area contributed by atoms with Gasteiger partial charge in [0.2, 0.25) is 0 Å². The SMILES string of the molecule is N#Cc1ccc(NC2CC=CC2)c([N+](=O)[O-])c1. The van der Waals surface area contributed by atoms with E-state index in [-0.39, 0.29) is 11.7 Å². The van der Waals surface area contributed by atoms with Crippen LogP contribution in [0.2, 0.25) is 0 Å². The fourth-order valence-electron chi connectivity index (χ4n) is 1.83. The first-order valence-electron chi connectivity index (χ1n) is 5.31. The maximum absolute atomic E-state index is 10.9. The van der Waals surface area contributed by atoms with Gasteiger partial charge in [0, 0.05) is 12.1 Å². The Morgan fingerprint density at radius 3 is 2.71 bits per heavy atom. The molecule has 1 aliphatic carbocycles. The molecular weight excluding hydrogens is 218 g/mol. The van der Waals surface area contributed by atoms with Crippen molar-refractivity contribution in [2.24, 2.45) is 0 Å². The quantitative estimate of drug-likeness (QED) is 0.490. The molecule has 5 nitrogen and oxygen atoms in total. The number of nitrogens with one attached hydrogen (secondary N) is 1. The number of nitrogens with zero attached hydrogens (tertiary/aromatic N) is 2. The van der Waals surface area contributed by atoms with Gasteiger partial charge in [0.1, 0.15) is 5.69 Å². The van der Waals surface area contributed by atoms with Gasteiger partial charge < -0.3 is 5.32 Å². The van der Waals surface area contributed by atoms with Gasteiger partial charge in [0.25, 0.3) is 5.69 Å². The first-order chi connectivity index (χ1) is 8.20. The van der Waals surface area contributed by atoms with Crippen molar-refractivity contribution in [2.45, 2.75) is 18.9 Å². The van der Waals surface area contributed by atoms with Crippen LogP contribution in [0.4, 0.5) is 11.4 Å². The van der Waals surface area contributed by atoms with E-state index in [9.17, 15) is 10.1 Å². The van der Waals surface area contributed by atoms with Crippen molar-refractivity contribution in [1.82, 2.24) is 0 Å². The summed E-state index contributed by atoms with van der Waals surface area (Å²) >= 11 is 0. The smallest absolute Gasteiger partial charge is 0.293 e. The molecule has 86 valence electrons. The lowest BCUT2D eigenvalue weighted by molar-refractivity contribution is -0.384. The van der Waals surface area contributed by atoms with Crippen molar-refractivity contribution in [2.75, 3.05) is 5.32 Å². The largest absolute Gasteiger partial charge is 0.376 e. The Morgan fingerprint density at radius 2 is 2.12 bits per heavy atom. The lowest BCUT2D eigenvalue weighted by Gasteiger charge is -2.13. The van der Waals surface area contributed by atoms with Gasteiger partial charge in [-0.25, -0.2) is 0 Å². The molecule has 0 saturated heterocycles. The number of nitro benzene ring substituents is 1. The molecule has 1 N–H and O–H groups in total. The normalized spacial score (nSPS) is 14.5. The predicted octanol–water partition coefficient (Wildman–Crippen LogP) is 2.60. The zero-order valence-electron chi connectivity index (χ0n) is 9.09. The third kappa shape index (κ3) is 2.42. The molecule has 17 heavy (non-hydrogen) atoms. The minimum Gasteiger partial charge on any atom is -0.376 e. The van der Waals surface area contributed by atoms with Crippen LogP contribution in [0.3, 0.4) is 0 Å². The van der Waals surface area contributed by atoms with E-state index in [0.29, 0.717) is 11.3 Å². The molecule has 0 aromatic heterocycles. The number of rotatable bonds is 3. The van der Waals surface area contributed by atoms with Crippen LogP contribution in [0.1, 0.15) is 18.4 Å². The highest BCUT2D eigenvalue weighted by atomic mass is 16.6. The van der Waals surface area contributed by atoms with E-state index in [4.69, 9.17) is 5.26 Å². The van der Waals surface area contributed by atoms with Crippen LogP contribution < -0.4 is 5.32 Å². The third-order valence-electron chi connectivity index (χ3n) is 2.69. The zero-order valence-corrected chi connectivity index (χ0v) is 9.09. The zero-order chi connectivity index (χ0) is 12.3. The number of benzene rings is 1. The van der Waals surface area contributed by atoms with E-state index >= 15 is 0 Å². The second-order valence-corrected chi connectivity index (χ2v) is 3.88. The summed E-state index contributed by atoms with van der Waals surface area (Å²) in [5.41, 5.74) is 0.727. The fourth-order valence-corrected chi connectivity index (χ4v) is 1.83. The molecule has 0 unspecified atom stereocenters. The van der Waals surface area contributed by atoms with Gasteiger partial charge in [-0.05, 0) is 25.0 Å². The molecule has 0 heterocycles. The molecule has 0 amide bonds. The summed E-state index contributed by atoms with van der Waals surface area (Å²) in [7, 11) is 0. The summed E-state index contributed by atoms with van der Waals surface area (Å²) in [6, 6.07) is 6.58. The van der Waals surface area contributed by atoms with Gasteiger partial charge >= 0.3 is 0 Å². The number of anilines is 1. The summed E-state index contributed by atoms with van der Waals surface area (Å²) in [6.07, 6.45) is 5.84. The topological polar surface area (TPSA) is 79.0 Å². The van der Waals surface area contributed by atoms with Gasteiger partial charge in [-0.3, -0.25) is 10.1 Å². The van der Waals surface area contributed by atoms with Crippen LogP contribution in [0.15, 0.2) is 30.4 Å². The molecule has 0 spiro atoms. The lowest BCUT2D eigenvalue weighted by Crippen LogP contribution is -2.16. The molecule has 0 saturated carbocycles. The van der Waals surface area contributed by atoms with Crippen molar-refractivity contribution < 1.29 is 4.92 Å². The second kappa shape index (κ2) is 4.66. The number of nitro groups is 1. The van der Waals surface area contributed by atoms with Crippen molar-refractivity contribution in [3.05, 3.63) is 46.0 Å². The maximum Gasteiger partial charge on any atom is 0.293 e. The Labute approximate surface area is 98.5 Å². The van der Waals surface area contributed by atoms with E-state index in [2.05, 4.69) is 5.32 Å². The molecule has 0 aliphatic heterocycles. The maximum atomic E-state index is 10.9. The fraction of sp³-hybridized carbons (Fsp3) is 0.250. The number of hydrogen-bond acceptors (Lipinski definition) is 4. The number of hydrogen-bond donors (Lipinski definition) is 1. The van der Waals surface area contributed by atoms with E-state index in [1.807, 2.05) is 18.2 Å². The van der Waals surface area contributed by atoms with Gasteiger partial charge in [-0.2, -0.15) is 5.26 Å². The minimum absolute atomic E-state index is 0.0454. The summed E-state index contributed by atoms with van der Waals surface area (Å²) < 4.78 is 0. The molecule has 0 radical (unpaired) electrons. The summed E-state index contributed by atoms with van der Waals surface area (Å²) in [4.78, 5) is 10.4. The average molecular weight is 229 g/mol. The van der Waals surface area contributed by atoms with Crippen molar-refractivity contribution in [1.29, 1.82) is 5.26 Å². The molecule has 2 rings (SSSR count). The first kappa shape index (κ1) is 11.1. The molecule has 0 atom stereocenters. The molecule has 1 aromatic rings. The van der Waals surface area contributed by atoms with Crippen molar-refractivity contribution in [3.8, 4) is 6.07 Å². The third-order valence-corrected chi connectivity index (χ3v) is 2.69. The Balaban J connectivity index is 2.26. The molecule has 1 aliphatic rings. The number of nitriles is 1. The minimum atomic E-state index is -0.467. The molecule has 5 heteroatoms. The van der Waals surface area contributed by atoms with E-state index in [0.717, 1.165) is 12.8 Å². The first-order valence-corrected chi connectivity index (χ1v) is 5.31. The Hall–Kier alpha value is -2.35. The van der Waals surface area contributed by atoms with Gasteiger partial charge in [-0.15, -0.1) is 0 Å². The van der Waals surface area contributed by atoms with Crippen LogP contribution in [0.5, 0.6) is 0 Å². The lowest BCUT2D eigenvalue weighted by atomic mass is 10.1. The van der Waals surface area contributed by atoms with Crippen LogP contribution in [-0.2, 0) is 0 Å². The highest BCUT2D eigenvalue weighted by molar-refractivity contribution is 5.64. The van der Waals surface area contributed by atoms with Gasteiger partial charge in [0.05, 0.1) is 16.6 Å². The van der Waals surface area contributed by atoms with E-state index in [1.54, 1.807) is 12.1 Å². The summed E-state index contributed by atoms with van der Waals surface area (Å²) in [6.45, 7) is 0. The molecular formula is C12H11N3O2.